The van der Waals surface area contributed by atoms with Gasteiger partial charge in [-0.3, -0.25) is 9.59 Å². The molecule has 0 atom stereocenters. The Kier molecular flexibility index (Phi) is 7.92. The van der Waals surface area contributed by atoms with Crippen molar-refractivity contribution < 1.29 is 19.1 Å². The van der Waals surface area contributed by atoms with Gasteiger partial charge in [0.05, 0.1) is 13.2 Å². The average molecular weight is 508 g/mol. The maximum atomic E-state index is 13.7. The van der Waals surface area contributed by atoms with Crippen molar-refractivity contribution in [3.63, 3.8) is 0 Å². The normalized spacial score (nSPS) is 21.2. The predicted octanol–water partition coefficient (Wildman–Crippen LogP) is 7.36. The van der Waals surface area contributed by atoms with Gasteiger partial charge in [-0.2, -0.15) is 0 Å². The molecule has 0 radical (unpaired) electrons. The van der Waals surface area contributed by atoms with E-state index in [1.807, 2.05) is 32.2 Å². The number of allylic oxidation sites excluding steroid dienone is 4. The zero-order chi connectivity index (χ0) is 27.0. The van der Waals surface area contributed by atoms with Gasteiger partial charge in [-0.05, 0) is 54.7 Å². The zero-order valence-corrected chi connectivity index (χ0v) is 24.0. The Morgan fingerprint density at radius 3 is 1.95 bits per heavy atom. The highest BCUT2D eigenvalue weighted by Crippen LogP contribution is 2.54. The maximum Gasteiger partial charge on any atom is 0.162 e. The van der Waals surface area contributed by atoms with E-state index in [0.29, 0.717) is 31.8 Å². The summed E-state index contributed by atoms with van der Waals surface area (Å²) in [5.74, 6) is 1.37. The van der Waals surface area contributed by atoms with Crippen LogP contribution in [0.15, 0.2) is 40.7 Å². The van der Waals surface area contributed by atoms with Crippen molar-refractivity contribution >= 4 is 11.6 Å². The van der Waals surface area contributed by atoms with Gasteiger partial charge in [0, 0.05) is 48.3 Å². The Hall–Kier alpha value is -2.56. The van der Waals surface area contributed by atoms with Crippen LogP contribution >= 0.6 is 0 Å². The molecule has 0 fully saturated rings. The van der Waals surface area contributed by atoms with Crippen LogP contribution in [0.4, 0.5) is 0 Å². The lowest BCUT2D eigenvalue weighted by Gasteiger charge is -2.47. The lowest BCUT2D eigenvalue weighted by molar-refractivity contribution is -0.119. The minimum atomic E-state index is -0.355. The first-order chi connectivity index (χ1) is 17.5. The molecule has 4 rings (SSSR count). The fourth-order valence-electron chi connectivity index (χ4n) is 6.30. The molecule has 0 saturated carbocycles. The number of rotatable bonds is 9. The van der Waals surface area contributed by atoms with Crippen LogP contribution in [0.1, 0.15) is 104 Å². The van der Waals surface area contributed by atoms with Crippen LogP contribution in [0.2, 0.25) is 0 Å². The molecular formula is C32H45NO4. The summed E-state index contributed by atoms with van der Waals surface area (Å²) in [4.78, 5) is 29.6. The van der Waals surface area contributed by atoms with Crippen LogP contribution in [-0.4, -0.2) is 36.7 Å². The molecule has 2 aliphatic carbocycles. The van der Waals surface area contributed by atoms with Crippen LogP contribution < -0.4 is 9.47 Å². The molecular weight excluding hydrogens is 462 g/mol. The van der Waals surface area contributed by atoms with Gasteiger partial charge in [-0.25, -0.2) is 0 Å². The molecule has 0 spiro atoms. The Labute approximate surface area is 223 Å². The molecule has 1 aromatic carbocycles. The van der Waals surface area contributed by atoms with Gasteiger partial charge in [-0.1, -0.05) is 59.9 Å². The molecule has 0 aromatic heterocycles. The van der Waals surface area contributed by atoms with E-state index in [9.17, 15) is 9.59 Å². The topological polar surface area (TPSA) is 55.8 Å². The lowest BCUT2D eigenvalue weighted by atomic mass is 9.64. The molecule has 5 nitrogen and oxygen atoms in total. The number of hydrogen-bond acceptors (Lipinski definition) is 5. The third-order valence-corrected chi connectivity index (χ3v) is 8.04. The minimum absolute atomic E-state index is 0.104. The highest BCUT2D eigenvalue weighted by atomic mass is 16.5. The van der Waals surface area contributed by atoms with Crippen molar-refractivity contribution in [3.8, 4) is 11.5 Å². The van der Waals surface area contributed by atoms with Crippen LogP contribution in [0, 0.1) is 10.8 Å². The molecule has 37 heavy (non-hydrogen) atoms. The molecule has 1 aliphatic heterocycles. The molecule has 0 bridgehead atoms. The van der Waals surface area contributed by atoms with Gasteiger partial charge in [0.1, 0.15) is 0 Å². The molecule has 5 heteroatoms. The Morgan fingerprint density at radius 1 is 0.811 bits per heavy atom. The van der Waals surface area contributed by atoms with E-state index in [1.54, 1.807) is 0 Å². The van der Waals surface area contributed by atoms with Crippen LogP contribution in [0.5, 0.6) is 11.5 Å². The fraction of sp³-hybridized carbons (Fsp3) is 0.625. The molecule has 1 heterocycles. The monoisotopic (exact) mass is 507 g/mol. The van der Waals surface area contributed by atoms with Crippen molar-refractivity contribution in [1.29, 1.82) is 0 Å². The number of hydrogen-bond donors (Lipinski definition) is 0. The second kappa shape index (κ2) is 10.7. The Balaban J connectivity index is 1.79. The Bertz CT molecular complexity index is 1070. The number of benzene rings is 1. The first-order valence-electron chi connectivity index (χ1n) is 14.1. The molecule has 0 unspecified atom stereocenters. The highest BCUT2D eigenvalue weighted by Gasteiger charge is 2.48. The van der Waals surface area contributed by atoms with Gasteiger partial charge in [-0.15, -0.1) is 0 Å². The standard InChI is InChI=1S/C32H45NO4/c1-8-10-11-12-15-37-26-14-13-21(16-27(26)36-9-2)28-29-22(17-31(3,4)19-24(29)34)33(7)23-18-32(5,6)20-25(35)30(23)28/h13-14,16,28H,8-12,15,17-20H2,1-7H3. The van der Waals surface area contributed by atoms with E-state index < -0.39 is 0 Å². The average Bonchev–Trinajstić information content (AvgIpc) is 2.80. The van der Waals surface area contributed by atoms with Gasteiger partial charge in [0.15, 0.2) is 23.1 Å². The number of carbonyl (C=O) groups is 2. The zero-order valence-electron chi connectivity index (χ0n) is 24.0. The SMILES string of the molecule is CCCCCCOc1ccc(C2C3=C(CC(C)(C)CC3=O)N(C)C3=C2C(=O)CC(C)(C)C3)cc1OCC. The van der Waals surface area contributed by atoms with E-state index in [2.05, 4.69) is 39.5 Å². The third kappa shape index (κ3) is 5.66. The summed E-state index contributed by atoms with van der Waals surface area (Å²) in [7, 11) is 2.05. The summed E-state index contributed by atoms with van der Waals surface area (Å²) < 4.78 is 12.1. The third-order valence-electron chi connectivity index (χ3n) is 8.04. The summed E-state index contributed by atoms with van der Waals surface area (Å²) in [6.45, 7) is 14.0. The van der Waals surface area contributed by atoms with E-state index >= 15 is 0 Å². The molecule has 1 aromatic rings. The lowest BCUT2D eigenvalue weighted by Crippen LogP contribution is -2.43. The Morgan fingerprint density at radius 2 is 1.41 bits per heavy atom. The molecule has 202 valence electrons. The van der Waals surface area contributed by atoms with Crippen LogP contribution in [0.3, 0.4) is 0 Å². The highest BCUT2D eigenvalue weighted by molar-refractivity contribution is 6.06. The molecule has 0 amide bonds. The summed E-state index contributed by atoms with van der Waals surface area (Å²) in [6, 6.07) is 6.01. The van der Waals surface area contributed by atoms with E-state index in [4.69, 9.17) is 9.47 Å². The number of nitrogens with zero attached hydrogens (tertiary/aromatic N) is 1. The number of unbranched alkanes of at least 4 members (excludes halogenated alkanes) is 3. The molecule has 3 aliphatic rings. The van der Waals surface area contributed by atoms with Gasteiger partial charge >= 0.3 is 0 Å². The van der Waals surface area contributed by atoms with E-state index in [-0.39, 0.29) is 28.3 Å². The number of ether oxygens (including phenoxy) is 2. The van der Waals surface area contributed by atoms with Crippen molar-refractivity contribution in [3.05, 3.63) is 46.3 Å². The van der Waals surface area contributed by atoms with Crippen molar-refractivity contribution in [2.45, 2.75) is 98.8 Å². The summed E-state index contributed by atoms with van der Waals surface area (Å²) in [5.41, 5.74) is 4.47. The summed E-state index contributed by atoms with van der Waals surface area (Å²) in [5, 5.41) is 0. The van der Waals surface area contributed by atoms with Gasteiger partial charge in [0.25, 0.3) is 0 Å². The smallest absolute Gasteiger partial charge is 0.162 e. The van der Waals surface area contributed by atoms with Crippen molar-refractivity contribution in [1.82, 2.24) is 4.90 Å². The molecule has 0 saturated heterocycles. The van der Waals surface area contributed by atoms with E-state index in [0.717, 1.165) is 59.5 Å². The first kappa shape index (κ1) is 27.5. The number of carbonyl (C=O) groups excluding carboxylic acids is 2. The summed E-state index contributed by atoms with van der Waals surface area (Å²) >= 11 is 0. The fourth-order valence-corrected chi connectivity index (χ4v) is 6.30. The predicted molar refractivity (Wildman–Crippen MR) is 148 cm³/mol. The second-order valence-electron chi connectivity index (χ2n) is 12.6. The van der Waals surface area contributed by atoms with Crippen molar-refractivity contribution in [2.24, 2.45) is 10.8 Å². The largest absolute Gasteiger partial charge is 0.490 e. The van der Waals surface area contributed by atoms with E-state index in [1.165, 1.54) is 12.8 Å². The summed E-state index contributed by atoms with van der Waals surface area (Å²) in [6.07, 6.45) is 7.20. The van der Waals surface area contributed by atoms with Gasteiger partial charge < -0.3 is 14.4 Å². The quantitative estimate of drug-likeness (QED) is 0.327. The first-order valence-corrected chi connectivity index (χ1v) is 14.1. The second-order valence-corrected chi connectivity index (χ2v) is 12.6. The minimum Gasteiger partial charge on any atom is -0.490 e. The number of ketones is 2. The van der Waals surface area contributed by atoms with Crippen molar-refractivity contribution in [2.75, 3.05) is 20.3 Å². The number of Topliss-reactive ketones (excluding diaryl/α,β-unsaturated/α-hetero) is 2. The van der Waals surface area contributed by atoms with Crippen LogP contribution in [0.25, 0.3) is 0 Å². The maximum absolute atomic E-state index is 13.7. The van der Waals surface area contributed by atoms with Gasteiger partial charge in [0.2, 0.25) is 0 Å². The van der Waals surface area contributed by atoms with Crippen LogP contribution in [-0.2, 0) is 9.59 Å². The molecule has 0 N–H and O–H groups in total.